The lowest BCUT2D eigenvalue weighted by Gasteiger charge is -2.28. The van der Waals surface area contributed by atoms with Crippen molar-refractivity contribution in [1.29, 1.82) is 0 Å². The van der Waals surface area contributed by atoms with Gasteiger partial charge in [-0.1, -0.05) is 0 Å². The van der Waals surface area contributed by atoms with E-state index in [-0.39, 0.29) is 0 Å². The molecule has 2 atom stereocenters. The van der Waals surface area contributed by atoms with Gasteiger partial charge in [0.15, 0.2) is 0 Å². The van der Waals surface area contributed by atoms with Crippen LogP contribution in [0.3, 0.4) is 0 Å². The summed E-state index contributed by atoms with van der Waals surface area (Å²) in [6.45, 7) is 8.01. The van der Waals surface area contributed by atoms with Crippen molar-refractivity contribution in [2.75, 3.05) is 6.61 Å². The van der Waals surface area contributed by atoms with Crippen LogP contribution in [0.2, 0.25) is 0 Å². The van der Waals surface area contributed by atoms with Crippen LogP contribution in [-0.4, -0.2) is 33.5 Å². The maximum atomic E-state index is 5.53. The van der Waals surface area contributed by atoms with Crippen LogP contribution in [0.4, 0.5) is 0 Å². The zero-order valence-electron chi connectivity index (χ0n) is 10.9. The van der Waals surface area contributed by atoms with Crippen molar-refractivity contribution >= 4 is 0 Å². The van der Waals surface area contributed by atoms with E-state index in [0.717, 1.165) is 31.8 Å². The first-order valence-corrected chi connectivity index (χ1v) is 6.40. The summed E-state index contributed by atoms with van der Waals surface area (Å²) in [4.78, 5) is 4.30. The second-order valence-electron chi connectivity index (χ2n) is 5.00. The van der Waals surface area contributed by atoms with Crippen molar-refractivity contribution in [3.63, 3.8) is 0 Å². The van der Waals surface area contributed by atoms with Gasteiger partial charge in [-0.25, -0.2) is 9.67 Å². The molecule has 0 spiro atoms. The zero-order chi connectivity index (χ0) is 12.3. The fraction of sp³-hybridized carbons (Fsp3) is 0.833. The van der Waals surface area contributed by atoms with E-state index in [9.17, 15) is 0 Å². The highest BCUT2D eigenvalue weighted by Crippen LogP contribution is 2.14. The molecule has 1 aromatic heterocycles. The smallest absolute Gasteiger partial charge is 0.141 e. The topological polar surface area (TPSA) is 52.0 Å². The molecule has 96 valence electrons. The molecule has 1 aliphatic heterocycles. The monoisotopic (exact) mass is 238 g/mol. The maximum absolute atomic E-state index is 5.53. The molecule has 2 heterocycles. The zero-order valence-corrected chi connectivity index (χ0v) is 10.9. The maximum Gasteiger partial charge on any atom is 0.141 e. The van der Waals surface area contributed by atoms with Crippen molar-refractivity contribution in [2.45, 2.75) is 58.3 Å². The van der Waals surface area contributed by atoms with Crippen LogP contribution in [0.25, 0.3) is 0 Å². The Kier molecular flexibility index (Phi) is 4.12. The fourth-order valence-corrected chi connectivity index (χ4v) is 2.25. The number of hydrogen-bond donors (Lipinski definition) is 1. The Morgan fingerprint density at radius 2 is 2.41 bits per heavy atom. The first-order valence-electron chi connectivity index (χ1n) is 6.40. The summed E-state index contributed by atoms with van der Waals surface area (Å²) in [5.41, 5.74) is 0. The molecule has 5 nitrogen and oxygen atoms in total. The minimum atomic E-state index is 0.364. The van der Waals surface area contributed by atoms with Gasteiger partial charge in [-0.3, -0.25) is 0 Å². The number of nitrogens with one attached hydrogen (secondary N) is 1. The normalized spacial score (nSPS) is 25.4. The van der Waals surface area contributed by atoms with Gasteiger partial charge in [-0.15, -0.1) is 0 Å². The van der Waals surface area contributed by atoms with E-state index in [1.54, 1.807) is 6.33 Å². The fourth-order valence-electron chi connectivity index (χ4n) is 2.25. The number of hydrogen-bond acceptors (Lipinski definition) is 4. The van der Waals surface area contributed by atoms with Gasteiger partial charge in [0.25, 0.3) is 0 Å². The molecule has 0 aromatic carbocycles. The third kappa shape index (κ3) is 3.26. The SMILES string of the molecule is CC1CC(NCc2ncnn2C(C)C)CCO1. The molecular formula is C12H22N4O. The molecule has 0 radical (unpaired) electrons. The lowest BCUT2D eigenvalue weighted by Crippen LogP contribution is -2.38. The Morgan fingerprint density at radius 3 is 3.12 bits per heavy atom. The molecule has 2 unspecified atom stereocenters. The number of aromatic nitrogens is 3. The molecule has 1 fully saturated rings. The van der Waals surface area contributed by atoms with Gasteiger partial charge in [0.1, 0.15) is 12.2 Å². The second-order valence-corrected chi connectivity index (χ2v) is 5.00. The van der Waals surface area contributed by atoms with E-state index in [1.165, 1.54) is 0 Å². The Balaban J connectivity index is 1.86. The lowest BCUT2D eigenvalue weighted by atomic mass is 10.0. The average Bonchev–Trinajstić information content (AvgIpc) is 2.74. The highest BCUT2D eigenvalue weighted by molar-refractivity contribution is 4.87. The summed E-state index contributed by atoms with van der Waals surface area (Å²) in [5.74, 6) is 1.01. The summed E-state index contributed by atoms with van der Waals surface area (Å²) >= 11 is 0. The molecule has 1 N–H and O–H groups in total. The van der Waals surface area contributed by atoms with Gasteiger partial charge in [-0.05, 0) is 33.6 Å². The van der Waals surface area contributed by atoms with E-state index in [0.29, 0.717) is 18.2 Å². The lowest BCUT2D eigenvalue weighted by molar-refractivity contribution is 0.0128. The first kappa shape index (κ1) is 12.5. The van der Waals surface area contributed by atoms with Crippen molar-refractivity contribution in [3.05, 3.63) is 12.2 Å². The van der Waals surface area contributed by atoms with E-state index in [4.69, 9.17) is 4.74 Å². The molecule has 17 heavy (non-hydrogen) atoms. The molecule has 0 aliphatic carbocycles. The van der Waals surface area contributed by atoms with E-state index >= 15 is 0 Å². The van der Waals surface area contributed by atoms with Crippen LogP contribution in [0, 0.1) is 0 Å². The average molecular weight is 238 g/mol. The summed E-state index contributed by atoms with van der Waals surface area (Å²) in [6, 6.07) is 0.902. The van der Waals surface area contributed by atoms with E-state index in [1.807, 2.05) is 4.68 Å². The summed E-state index contributed by atoms with van der Waals surface area (Å²) in [5, 5.41) is 7.78. The van der Waals surface area contributed by atoms with Crippen molar-refractivity contribution in [2.24, 2.45) is 0 Å². The largest absolute Gasteiger partial charge is 0.378 e. The minimum absolute atomic E-state index is 0.364. The molecule has 2 rings (SSSR count). The van der Waals surface area contributed by atoms with Gasteiger partial charge < -0.3 is 10.1 Å². The van der Waals surface area contributed by atoms with Crippen molar-refractivity contribution < 1.29 is 4.74 Å². The summed E-state index contributed by atoms with van der Waals surface area (Å²) in [7, 11) is 0. The number of ether oxygens (including phenoxy) is 1. The quantitative estimate of drug-likeness (QED) is 0.864. The molecule has 1 saturated heterocycles. The predicted molar refractivity (Wildman–Crippen MR) is 65.7 cm³/mol. The molecule has 5 heteroatoms. The van der Waals surface area contributed by atoms with Crippen molar-refractivity contribution in [1.82, 2.24) is 20.1 Å². The van der Waals surface area contributed by atoms with Crippen LogP contribution in [0.15, 0.2) is 6.33 Å². The number of rotatable bonds is 4. The van der Waals surface area contributed by atoms with Crippen LogP contribution in [0.5, 0.6) is 0 Å². The molecule has 0 saturated carbocycles. The number of nitrogens with zero attached hydrogens (tertiary/aromatic N) is 3. The second kappa shape index (κ2) is 5.60. The summed E-state index contributed by atoms with van der Waals surface area (Å²) in [6.07, 6.45) is 4.16. The van der Waals surface area contributed by atoms with Gasteiger partial charge in [-0.2, -0.15) is 5.10 Å². The van der Waals surface area contributed by atoms with Crippen molar-refractivity contribution in [3.8, 4) is 0 Å². The predicted octanol–water partition coefficient (Wildman–Crippen LogP) is 1.52. The van der Waals surface area contributed by atoms with Crippen LogP contribution in [0.1, 0.15) is 45.5 Å². The Labute approximate surface area is 103 Å². The Morgan fingerprint density at radius 1 is 1.59 bits per heavy atom. The van der Waals surface area contributed by atoms with Crippen LogP contribution in [-0.2, 0) is 11.3 Å². The summed E-state index contributed by atoms with van der Waals surface area (Å²) < 4.78 is 7.50. The first-order chi connectivity index (χ1) is 8.16. The highest BCUT2D eigenvalue weighted by Gasteiger charge is 2.19. The van der Waals surface area contributed by atoms with Gasteiger partial charge in [0, 0.05) is 18.7 Å². The molecule has 0 amide bonds. The van der Waals surface area contributed by atoms with E-state index < -0.39 is 0 Å². The van der Waals surface area contributed by atoms with Crippen LogP contribution >= 0.6 is 0 Å². The molecule has 1 aliphatic rings. The van der Waals surface area contributed by atoms with Gasteiger partial charge in [0.2, 0.25) is 0 Å². The highest BCUT2D eigenvalue weighted by atomic mass is 16.5. The van der Waals surface area contributed by atoms with Gasteiger partial charge in [0.05, 0.1) is 12.6 Å². The van der Waals surface area contributed by atoms with E-state index in [2.05, 4.69) is 36.2 Å². The molecule has 1 aromatic rings. The Hall–Kier alpha value is -0.940. The van der Waals surface area contributed by atoms with Gasteiger partial charge >= 0.3 is 0 Å². The third-order valence-electron chi connectivity index (χ3n) is 3.17. The minimum Gasteiger partial charge on any atom is -0.378 e. The molecular weight excluding hydrogens is 216 g/mol. The third-order valence-corrected chi connectivity index (χ3v) is 3.17. The molecule has 0 bridgehead atoms. The Bertz CT molecular complexity index is 350. The van der Waals surface area contributed by atoms with Crippen LogP contribution < -0.4 is 5.32 Å². The standard InChI is InChI=1S/C12H22N4O/c1-9(2)16-12(14-8-15-16)7-13-11-4-5-17-10(3)6-11/h8-11,13H,4-7H2,1-3H3.